The molecule has 0 saturated heterocycles. The van der Waals surface area contributed by atoms with Crippen molar-refractivity contribution in [2.24, 2.45) is 0 Å². The highest BCUT2D eigenvalue weighted by atomic mass is 35.5. The molecule has 0 aliphatic carbocycles. The number of sulfonamides is 1. The van der Waals surface area contributed by atoms with Gasteiger partial charge in [0.05, 0.1) is 22.7 Å². The number of aromatic nitrogens is 3. The lowest BCUT2D eigenvalue weighted by molar-refractivity contribution is 0.281. The maximum Gasteiger partial charge on any atom is 0.263 e. The van der Waals surface area contributed by atoms with Gasteiger partial charge < -0.3 is 15.4 Å². The van der Waals surface area contributed by atoms with Crippen molar-refractivity contribution in [3.05, 3.63) is 64.8 Å². The molecule has 4 aromatic rings. The smallest absolute Gasteiger partial charge is 0.263 e. The van der Waals surface area contributed by atoms with Gasteiger partial charge in [-0.2, -0.15) is 0 Å². The van der Waals surface area contributed by atoms with Crippen LogP contribution in [0.5, 0.6) is 0 Å². The second kappa shape index (κ2) is 8.86. The van der Waals surface area contributed by atoms with Crippen LogP contribution in [0.2, 0.25) is 5.02 Å². The van der Waals surface area contributed by atoms with Crippen molar-refractivity contribution in [2.45, 2.75) is 38.3 Å². The second-order valence-corrected chi connectivity index (χ2v) is 10.2. The van der Waals surface area contributed by atoms with Gasteiger partial charge >= 0.3 is 0 Å². The number of hydrogen-bond acceptors (Lipinski definition) is 6. The van der Waals surface area contributed by atoms with Crippen LogP contribution in [0.25, 0.3) is 22.2 Å². The van der Waals surface area contributed by atoms with E-state index in [0.29, 0.717) is 22.2 Å². The molecule has 0 amide bonds. The van der Waals surface area contributed by atoms with E-state index in [4.69, 9.17) is 17.3 Å². The van der Waals surface area contributed by atoms with Gasteiger partial charge in [0.1, 0.15) is 22.7 Å². The first-order valence-electron chi connectivity index (χ1n) is 10.4. The summed E-state index contributed by atoms with van der Waals surface area (Å²) in [7, 11) is -4.27. The van der Waals surface area contributed by atoms with Crippen LogP contribution in [-0.2, 0) is 16.6 Å². The molecule has 11 heteroatoms. The minimum Gasteiger partial charge on any atom is -0.392 e. The third kappa shape index (κ3) is 4.08. The van der Waals surface area contributed by atoms with E-state index in [1.165, 1.54) is 30.6 Å². The summed E-state index contributed by atoms with van der Waals surface area (Å²) in [5.41, 5.74) is 7.80. The highest BCUT2D eigenvalue weighted by Crippen LogP contribution is 2.38. The average Bonchev–Trinajstić information content (AvgIpc) is 3.17. The number of nitrogens with one attached hydrogen (secondary N) is 1. The van der Waals surface area contributed by atoms with Gasteiger partial charge in [0.25, 0.3) is 10.0 Å². The Morgan fingerprint density at radius 1 is 1.24 bits per heavy atom. The maximum absolute atomic E-state index is 15.7. The normalized spacial score (nSPS) is 12.0. The zero-order valence-corrected chi connectivity index (χ0v) is 20.2. The molecule has 0 bridgehead atoms. The van der Waals surface area contributed by atoms with Crippen LogP contribution in [0, 0.1) is 12.7 Å². The van der Waals surface area contributed by atoms with Crippen LogP contribution in [-0.4, -0.2) is 28.1 Å². The van der Waals surface area contributed by atoms with E-state index in [1.54, 1.807) is 19.2 Å². The van der Waals surface area contributed by atoms with Crippen LogP contribution >= 0.6 is 11.6 Å². The molecule has 0 radical (unpaired) electrons. The molecule has 0 aliphatic heterocycles. The Kier molecular flexibility index (Phi) is 6.24. The second-order valence-electron chi connectivity index (χ2n) is 8.17. The van der Waals surface area contributed by atoms with Gasteiger partial charge in [-0.25, -0.2) is 22.8 Å². The Balaban J connectivity index is 1.85. The number of halogens is 2. The molecular weight excluding hydrogens is 481 g/mol. The summed E-state index contributed by atoms with van der Waals surface area (Å²) in [5.74, 6) is -0.601. The van der Waals surface area contributed by atoms with Crippen molar-refractivity contribution in [3.8, 4) is 11.1 Å². The standard InChI is InChI=1S/C23H23ClFN5O3S/c1-12(2)30-9-16(19-22(26)27-11-28-23(19)30)15-5-4-6-17(21(15)25)29-34(32,33)18-8-13(3)7-14(10-31)20(18)24/h4-9,11-12,29,31H,10H2,1-3H3,(H2,26,27,28). The Hall–Kier alpha value is -3.21. The Morgan fingerprint density at radius 2 is 1.97 bits per heavy atom. The van der Waals surface area contributed by atoms with Crippen LogP contribution < -0.4 is 10.5 Å². The number of rotatable bonds is 6. The summed E-state index contributed by atoms with van der Waals surface area (Å²) >= 11 is 6.21. The molecule has 0 saturated carbocycles. The van der Waals surface area contributed by atoms with E-state index >= 15 is 4.39 Å². The molecule has 2 aromatic carbocycles. The largest absolute Gasteiger partial charge is 0.392 e. The number of fused-ring (bicyclic) bond motifs is 1. The lowest BCUT2D eigenvalue weighted by Gasteiger charge is -2.14. The number of hydrogen-bond donors (Lipinski definition) is 3. The van der Waals surface area contributed by atoms with Crippen LogP contribution in [0.1, 0.15) is 31.0 Å². The summed E-state index contributed by atoms with van der Waals surface area (Å²) in [6, 6.07) is 7.34. The molecule has 2 aromatic heterocycles. The SMILES string of the molecule is Cc1cc(CO)c(Cl)c(S(=O)(=O)Nc2cccc(-c3cn(C(C)C)c4ncnc(N)c34)c2F)c1. The minimum atomic E-state index is -4.27. The fourth-order valence-corrected chi connectivity index (χ4v) is 5.58. The molecule has 0 spiro atoms. The number of benzene rings is 2. The molecule has 34 heavy (non-hydrogen) atoms. The van der Waals surface area contributed by atoms with Gasteiger partial charge in [0.15, 0.2) is 5.82 Å². The maximum atomic E-state index is 15.7. The lowest BCUT2D eigenvalue weighted by Crippen LogP contribution is -2.15. The highest BCUT2D eigenvalue weighted by Gasteiger charge is 2.25. The number of aliphatic hydroxyl groups is 1. The van der Waals surface area contributed by atoms with Crippen LogP contribution in [0.3, 0.4) is 0 Å². The van der Waals surface area contributed by atoms with Crippen molar-refractivity contribution >= 4 is 44.2 Å². The van der Waals surface area contributed by atoms with Crippen molar-refractivity contribution < 1.29 is 17.9 Å². The zero-order chi connectivity index (χ0) is 24.8. The molecular formula is C23H23ClFN5O3S. The van der Waals surface area contributed by atoms with Crippen molar-refractivity contribution in [1.82, 2.24) is 14.5 Å². The number of anilines is 2. The number of nitrogen functional groups attached to an aromatic ring is 1. The molecule has 0 atom stereocenters. The molecule has 178 valence electrons. The van der Waals surface area contributed by atoms with Gasteiger partial charge in [0, 0.05) is 23.4 Å². The average molecular weight is 504 g/mol. The van der Waals surface area contributed by atoms with E-state index in [0.717, 1.165) is 0 Å². The number of nitrogens with zero attached hydrogens (tertiary/aromatic N) is 3. The molecule has 4 N–H and O–H groups in total. The zero-order valence-electron chi connectivity index (χ0n) is 18.7. The van der Waals surface area contributed by atoms with Gasteiger partial charge in [-0.3, -0.25) is 4.72 Å². The van der Waals surface area contributed by atoms with E-state index in [2.05, 4.69) is 14.7 Å². The topological polar surface area (TPSA) is 123 Å². The summed E-state index contributed by atoms with van der Waals surface area (Å²) in [5, 5.41) is 9.85. The van der Waals surface area contributed by atoms with Crippen molar-refractivity contribution in [1.29, 1.82) is 0 Å². The van der Waals surface area contributed by atoms with Gasteiger partial charge in [-0.1, -0.05) is 29.8 Å². The highest BCUT2D eigenvalue weighted by molar-refractivity contribution is 7.92. The summed E-state index contributed by atoms with van der Waals surface area (Å²) in [6.45, 7) is 5.15. The molecule has 2 heterocycles. The summed E-state index contributed by atoms with van der Waals surface area (Å²) in [6.07, 6.45) is 3.06. The predicted octanol–water partition coefficient (Wildman–Crippen LogP) is 4.66. The van der Waals surface area contributed by atoms with E-state index in [1.807, 2.05) is 18.4 Å². The van der Waals surface area contributed by atoms with E-state index in [-0.39, 0.29) is 38.6 Å². The molecule has 8 nitrogen and oxygen atoms in total. The third-order valence-corrected chi connectivity index (χ3v) is 7.40. The van der Waals surface area contributed by atoms with Crippen molar-refractivity contribution in [2.75, 3.05) is 10.5 Å². The summed E-state index contributed by atoms with van der Waals surface area (Å²) in [4.78, 5) is 8.08. The van der Waals surface area contributed by atoms with Gasteiger partial charge in [0.2, 0.25) is 0 Å². The number of aryl methyl sites for hydroxylation is 1. The summed E-state index contributed by atoms with van der Waals surface area (Å²) < 4.78 is 46.1. The van der Waals surface area contributed by atoms with Crippen molar-refractivity contribution in [3.63, 3.8) is 0 Å². The van der Waals surface area contributed by atoms with Crippen LogP contribution in [0.15, 0.2) is 47.8 Å². The Morgan fingerprint density at radius 3 is 2.65 bits per heavy atom. The lowest BCUT2D eigenvalue weighted by atomic mass is 10.0. The number of aliphatic hydroxyl groups excluding tert-OH is 1. The predicted molar refractivity (Wildman–Crippen MR) is 131 cm³/mol. The molecule has 0 fully saturated rings. The third-order valence-electron chi connectivity index (χ3n) is 5.45. The minimum absolute atomic E-state index is 0.0134. The van der Waals surface area contributed by atoms with E-state index in [9.17, 15) is 13.5 Å². The first-order valence-corrected chi connectivity index (χ1v) is 12.2. The first kappa shape index (κ1) is 23.9. The van der Waals surface area contributed by atoms with Gasteiger partial charge in [-0.05, 0) is 44.0 Å². The van der Waals surface area contributed by atoms with E-state index < -0.39 is 22.4 Å². The monoisotopic (exact) mass is 503 g/mol. The molecule has 0 unspecified atom stereocenters. The fraction of sp³-hybridized carbons (Fsp3) is 0.217. The molecule has 0 aliphatic rings. The Bertz CT molecular complexity index is 1520. The first-order chi connectivity index (χ1) is 16.0. The fourth-order valence-electron chi connectivity index (χ4n) is 3.84. The van der Waals surface area contributed by atoms with Gasteiger partial charge in [-0.15, -0.1) is 0 Å². The quantitative estimate of drug-likeness (QED) is 0.352. The number of nitrogens with two attached hydrogens (primary N) is 1. The van der Waals surface area contributed by atoms with Crippen LogP contribution in [0.4, 0.5) is 15.9 Å². The molecule has 4 rings (SSSR count). The Labute approximate surface area is 201 Å².